The summed E-state index contributed by atoms with van der Waals surface area (Å²) < 4.78 is 1.70. The number of aromatic nitrogens is 4. The predicted octanol–water partition coefficient (Wildman–Crippen LogP) is 0.813. The summed E-state index contributed by atoms with van der Waals surface area (Å²) in [5, 5.41) is 15.0. The van der Waals surface area contributed by atoms with Gasteiger partial charge in [0.1, 0.15) is 0 Å². The minimum absolute atomic E-state index is 0.257. The Bertz CT molecular complexity index is 516. The van der Waals surface area contributed by atoms with Crippen LogP contribution in [0, 0.1) is 5.41 Å². The summed E-state index contributed by atoms with van der Waals surface area (Å²) in [6.07, 6.45) is 2.37. The largest absolute Gasteiger partial charge is 0.352 e. The maximum Gasteiger partial charge on any atom is 0.247 e. The quantitative estimate of drug-likeness (QED) is 0.813. The Hall–Kier alpha value is -1.95. The van der Waals surface area contributed by atoms with E-state index in [1.807, 2.05) is 30.3 Å². The van der Waals surface area contributed by atoms with Gasteiger partial charge >= 0.3 is 0 Å². The highest BCUT2D eigenvalue weighted by Crippen LogP contribution is 2.44. The highest BCUT2D eigenvalue weighted by molar-refractivity contribution is 5.38. The maximum atomic E-state index is 5.76. The molecule has 0 atom stereocenters. The smallest absolute Gasteiger partial charge is 0.247 e. The van der Waals surface area contributed by atoms with Gasteiger partial charge in [0.2, 0.25) is 5.95 Å². The summed E-state index contributed by atoms with van der Waals surface area (Å²) in [6.45, 7) is 1.55. The summed E-state index contributed by atoms with van der Waals surface area (Å²) in [5.74, 6) is 0.668. The Morgan fingerprint density at radius 1 is 1.28 bits per heavy atom. The lowest BCUT2D eigenvalue weighted by atomic mass is 10.1. The van der Waals surface area contributed by atoms with Gasteiger partial charge in [-0.1, -0.05) is 23.3 Å². The number of tetrazole rings is 1. The fourth-order valence-electron chi connectivity index (χ4n) is 1.94. The van der Waals surface area contributed by atoms with Crippen molar-refractivity contribution in [1.29, 1.82) is 0 Å². The number of nitrogens with one attached hydrogen (secondary N) is 1. The van der Waals surface area contributed by atoms with Crippen molar-refractivity contribution in [3.8, 4) is 5.69 Å². The lowest BCUT2D eigenvalue weighted by Crippen LogP contribution is -2.25. The van der Waals surface area contributed by atoms with Gasteiger partial charge in [0.05, 0.1) is 5.69 Å². The number of anilines is 1. The predicted molar refractivity (Wildman–Crippen MR) is 68.4 cm³/mol. The van der Waals surface area contributed by atoms with Crippen LogP contribution in [0.25, 0.3) is 5.69 Å². The highest BCUT2D eigenvalue weighted by atomic mass is 15.6. The monoisotopic (exact) mass is 244 g/mol. The summed E-state index contributed by atoms with van der Waals surface area (Å²) in [7, 11) is 0. The van der Waals surface area contributed by atoms with Crippen molar-refractivity contribution >= 4 is 5.95 Å². The van der Waals surface area contributed by atoms with Gasteiger partial charge in [-0.2, -0.15) is 4.68 Å². The molecule has 2 aromatic rings. The molecule has 6 heteroatoms. The Balaban J connectivity index is 1.76. The minimum atomic E-state index is 0.257. The first-order valence-corrected chi connectivity index (χ1v) is 6.11. The van der Waals surface area contributed by atoms with Crippen molar-refractivity contribution in [2.24, 2.45) is 11.1 Å². The number of para-hydroxylation sites is 1. The van der Waals surface area contributed by atoms with Crippen LogP contribution in [0.5, 0.6) is 0 Å². The van der Waals surface area contributed by atoms with E-state index in [0.29, 0.717) is 12.5 Å². The van der Waals surface area contributed by atoms with Crippen LogP contribution in [0.1, 0.15) is 12.8 Å². The van der Waals surface area contributed by atoms with Gasteiger partial charge in [-0.05, 0) is 41.9 Å². The molecule has 1 heterocycles. The second kappa shape index (κ2) is 4.38. The zero-order chi connectivity index (χ0) is 12.4. The summed E-state index contributed by atoms with van der Waals surface area (Å²) in [6, 6.07) is 9.83. The van der Waals surface area contributed by atoms with E-state index in [0.717, 1.165) is 12.2 Å². The molecule has 18 heavy (non-hydrogen) atoms. The second-order valence-electron chi connectivity index (χ2n) is 4.81. The van der Waals surface area contributed by atoms with Gasteiger partial charge in [0.25, 0.3) is 0 Å². The van der Waals surface area contributed by atoms with Gasteiger partial charge < -0.3 is 11.1 Å². The Kier molecular flexibility index (Phi) is 2.71. The highest BCUT2D eigenvalue weighted by Gasteiger charge is 2.41. The van der Waals surface area contributed by atoms with Crippen LogP contribution in [0.3, 0.4) is 0 Å². The van der Waals surface area contributed by atoms with E-state index >= 15 is 0 Å². The normalized spacial score (nSPS) is 16.5. The van der Waals surface area contributed by atoms with Crippen LogP contribution < -0.4 is 11.1 Å². The third-order valence-electron chi connectivity index (χ3n) is 3.48. The summed E-state index contributed by atoms with van der Waals surface area (Å²) in [5.41, 5.74) is 6.96. The van der Waals surface area contributed by atoms with E-state index in [4.69, 9.17) is 5.73 Å². The average Bonchev–Trinajstić information content (AvgIpc) is 3.07. The van der Waals surface area contributed by atoms with Crippen molar-refractivity contribution < 1.29 is 0 Å². The molecular formula is C12H16N6. The second-order valence-corrected chi connectivity index (χ2v) is 4.81. The zero-order valence-corrected chi connectivity index (χ0v) is 10.1. The van der Waals surface area contributed by atoms with Crippen LogP contribution in [-0.4, -0.2) is 33.3 Å². The fraction of sp³-hybridized carbons (Fsp3) is 0.417. The Morgan fingerprint density at radius 3 is 2.72 bits per heavy atom. The molecule has 1 aliphatic rings. The Labute approximate surface area is 105 Å². The molecule has 0 radical (unpaired) electrons. The first kappa shape index (κ1) is 11.2. The molecule has 1 aromatic heterocycles. The molecule has 1 aliphatic carbocycles. The molecule has 1 aromatic carbocycles. The van der Waals surface area contributed by atoms with Gasteiger partial charge in [0.15, 0.2) is 0 Å². The van der Waals surface area contributed by atoms with Crippen molar-refractivity contribution in [2.45, 2.75) is 12.8 Å². The van der Waals surface area contributed by atoms with Gasteiger partial charge in [-0.15, -0.1) is 0 Å². The number of benzene rings is 1. The molecule has 0 bridgehead atoms. The number of hydrogen-bond acceptors (Lipinski definition) is 5. The van der Waals surface area contributed by atoms with E-state index in [1.54, 1.807) is 4.68 Å². The minimum Gasteiger partial charge on any atom is -0.352 e. The van der Waals surface area contributed by atoms with Crippen molar-refractivity contribution in [3.63, 3.8) is 0 Å². The van der Waals surface area contributed by atoms with E-state index in [9.17, 15) is 0 Å². The lowest BCUT2D eigenvalue weighted by molar-refractivity contribution is 0.552. The van der Waals surface area contributed by atoms with Crippen LogP contribution >= 0.6 is 0 Å². The van der Waals surface area contributed by atoms with Crippen molar-refractivity contribution in [2.75, 3.05) is 18.4 Å². The molecule has 3 rings (SSSR count). The molecule has 0 unspecified atom stereocenters. The van der Waals surface area contributed by atoms with E-state index in [1.165, 1.54) is 12.8 Å². The molecular weight excluding hydrogens is 228 g/mol. The molecule has 1 fully saturated rings. The summed E-state index contributed by atoms with van der Waals surface area (Å²) in [4.78, 5) is 0. The topological polar surface area (TPSA) is 81.7 Å². The summed E-state index contributed by atoms with van der Waals surface area (Å²) >= 11 is 0. The average molecular weight is 244 g/mol. The van der Waals surface area contributed by atoms with Crippen molar-refractivity contribution in [1.82, 2.24) is 20.2 Å². The SMILES string of the molecule is NCC1(CNc2nnnn2-c2ccccc2)CC1. The van der Waals surface area contributed by atoms with Crippen molar-refractivity contribution in [3.05, 3.63) is 30.3 Å². The molecule has 1 saturated carbocycles. The van der Waals surface area contributed by atoms with Gasteiger partial charge in [0, 0.05) is 12.0 Å². The lowest BCUT2D eigenvalue weighted by Gasteiger charge is -2.13. The fourth-order valence-corrected chi connectivity index (χ4v) is 1.94. The first-order chi connectivity index (χ1) is 8.83. The number of nitrogens with zero attached hydrogens (tertiary/aromatic N) is 4. The number of hydrogen-bond donors (Lipinski definition) is 2. The zero-order valence-electron chi connectivity index (χ0n) is 10.1. The van der Waals surface area contributed by atoms with Crippen LogP contribution in [-0.2, 0) is 0 Å². The van der Waals surface area contributed by atoms with Crippen LogP contribution in [0.4, 0.5) is 5.95 Å². The third kappa shape index (κ3) is 2.06. The molecule has 0 saturated heterocycles. The van der Waals surface area contributed by atoms with Gasteiger partial charge in [-0.3, -0.25) is 0 Å². The maximum absolute atomic E-state index is 5.76. The molecule has 0 aliphatic heterocycles. The van der Waals surface area contributed by atoms with Gasteiger partial charge in [-0.25, -0.2) is 0 Å². The standard InChI is InChI=1S/C12H16N6/c13-8-12(6-7-12)9-14-11-15-16-17-18(11)10-4-2-1-3-5-10/h1-5H,6-9,13H2,(H,14,15,17). The molecule has 0 amide bonds. The van der Waals surface area contributed by atoms with E-state index in [2.05, 4.69) is 20.8 Å². The number of nitrogens with two attached hydrogens (primary N) is 1. The molecule has 94 valence electrons. The molecule has 6 nitrogen and oxygen atoms in total. The van der Waals surface area contributed by atoms with E-state index < -0.39 is 0 Å². The molecule has 3 N–H and O–H groups in total. The Morgan fingerprint density at radius 2 is 2.06 bits per heavy atom. The molecule has 0 spiro atoms. The van der Waals surface area contributed by atoms with Crippen LogP contribution in [0.2, 0.25) is 0 Å². The van der Waals surface area contributed by atoms with Crippen LogP contribution in [0.15, 0.2) is 30.3 Å². The third-order valence-corrected chi connectivity index (χ3v) is 3.48. The number of rotatable bonds is 5. The van der Waals surface area contributed by atoms with E-state index in [-0.39, 0.29) is 5.41 Å². The first-order valence-electron chi connectivity index (χ1n) is 6.11.